The number of unbranched alkanes of at least 4 members (excludes halogenated alkanes) is 1. The maximum Gasteiger partial charge on any atom is 0.409 e. The quantitative estimate of drug-likeness (QED) is 0.527. The Balaban J connectivity index is 1.63. The molecule has 2 aliphatic rings. The van der Waals surface area contributed by atoms with Crippen LogP contribution in [0, 0.1) is 5.92 Å². The minimum Gasteiger partial charge on any atom is -0.449 e. The van der Waals surface area contributed by atoms with E-state index in [-0.39, 0.29) is 35.3 Å². The number of fused-ring (bicyclic) bond motifs is 1. The third-order valence-corrected chi connectivity index (χ3v) is 5.31. The summed E-state index contributed by atoms with van der Waals surface area (Å²) in [5.74, 6) is -0.700. The summed E-state index contributed by atoms with van der Waals surface area (Å²) in [6.07, 6.45) is 1.44. The van der Waals surface area contributed by atoms with Gasteiger partial charge in [-0.2, -0.15) is 0 Å². The minimum absolute atomic E-state index is 0.165. The molecule has 2 heterocycles. The molecule has 162 valence electrons. The van der Waals surface area contributed by atoms with Gasteiger partial charge in [0.2, 0.25) is 0 Å². The fraction of sp³-hybridized carbons (Fsp3) is 0.545. The Bertz CT molecular complexity index is 843. The predicted octanol–water partition coefficient (Wildman–Crippen LogP) is 2.63. The van der Waals surface area contributed by atoms with Gasteiger partial charge in [0.1, 0.15) is 0 Å². The fourth-order valence-electron chi connectivity index (χ4n) is 3.62. The Hall–Kier alpha value is -2.90. The summed E-state index contributed by atoms with van der Waals surface area (Å²) in [4.78, 5) is 54.6. The lowest BCUT2D eigenvalue weighted by molar-refractivity contribution is 0.0557. The maximum absolute atomic E-state index is 12.9. The molecule has 1 aromatic carbocycles. The van der Waals surface area contributed by atoms with Crippen LogP contribution in [-0.4, -0.2) is 77.8 Å². The van der Waals surface area contributed by atoms with Gasteiger partial charge in [0.15, 0.2) is 0 Å². The standard InChI is InChI=1S/C22H29N3O5/c1-4-5-12-30-22(29)24-10-8-23(9-11-24)19(26)16-6-7-17-18(13-16)21(28)25(20(17)27)14-15(2)3/h6-7,13,15H,4-5,8-12,14H2,1-3H3. The van der Waals surface area contributed by atoms with Crippen molar-refractivity contribution in [3.8, 4) is 0 Å². The number of ether oxygens (including phenoxy) is 1. The summed E-state index contributed by atoms with van der Waals surface area (Å²) < 4.78 is 5.22. The highest BCUT2D eigenvalue weighted by Gasteiger charge is 2.36. The average Bonchev–Trinajstić information content (AvgIpc) is 2.97. The number of piperazine rings is 1. The van der Waals surface area contributed by atoms with Crippen LogP contribution in [0.2, 0.25) is 0 Å². The normalized spacial score (nSPS) is 16.3. The van der Waals surface area contributed by atoms with E-state index < -0.39 is 0 Å². The summed E-state index contributed by atoms with van der Waals surface area (Å²) in [7, 11) is 0. The van der Waals surface area contributed by atoms with Gasteiger partial charge in [-0.1, -0.05) is 27.2 Å². The zero-order chi connectivity index (χ0) is 21.8. The molecule has 1 aromatic rings. The molecule has 8 heteroatoms. The molecule has 0 N–H and O–H groups in total. The molecule has 0 radical (unpaired) electrons. The zero-order valence-electron chi connectivity index (χ0n) is 17.8. The van der Waals surface area contributed by atoms with E-state index in [0.717, 1.165) is 12.8 Å². The lowest BCUT2D eigenvalue weighted by Crippen LogP contribution is -2.50. The van der Waals surface area contributed by atoms with Crippen LogP contribution in [0.4, 0.5) is 4.79 Å². The number of carbonyl (C=O) groups excluding carboxylic acids is 4. The van der Waals surface area contributed by atoms with Crippen molar-refractivity contribution in [2.24, 2.45) is 5.92 Å². The molecule has 0 unspecified atom stereocenters. The van der Waals surface area contributed by atoms with Gasteiger partial charge in [0.25, 0.3) is 17.7 Å². The van der Waals surface area contributed by atoms with E-state index >= 15 is 0 Å². The molecule has 0 spiro atoms. The summed E-state index contributed by atoms with van der Waals surface area (Å²) in [5.41, 5.74) is 1.00. The first-order valence-electron chi connectivity index (χ1n) is 10.5. The van der Waals surface area contributed by atoms with Crippen LogP contribution in [0.3, 0.4) is 0 Å². The molecule has 0 bridgehead atoms. The van der Waals surface area contributed by atoms with E-state index in [1.807, 2.05) is 20.8 Å². The van der Waals surface area contributed by atoms with Gasteiger partial charge in [0.05, 0.1) is 17.7 Å². The Morgan fingerprint density at radius 3 is 2.27 bits per heavy atom. The van der Waals surface area contributed by atoms with Gasteiger partial charge >= 0.3 is 6.09 Å². The summed E-state index contributed by atoms with van der Waals surface area (Å²) in [5, 5.41) is 0. The third-order valence-electron chi connectivity index (χ3n) is 5.31. The second-order valence-electron chi connectivity index (χ2n) is 8.12. The topological polar surface area (TPSA) is 87.2 Å². The number of benzene rings is 1. The maximum atomic E-state index is 12.9. The van der Waals surface area contributed by atoms with Crippen molar-refractivity contribution >= 4 is 23.8 Å². The lowest BCUT2D eigenvalue weighted by Gasteiger charge is -2.34. The molecule has 0 atom stereocenters. The van der Waals surface area contributed by atoms with Crippen LogP contribution in [0.5, 0.6) is 0 Å². The molecule has 0 saturated carbocycles. The fourth-order valence-corrected chi connectivity index (χ4v) is 3.62. The predicted molar refractivity (Wildman–Crippen MR) is 110 cm³/mol. The molecular formula is C22H29N3O5. The highest BCUT2D eigenvalue weighted by atomic mass is 16.6. The Morgan fingerprint density at radius 1 is 1.00 bits per heavy atom. The first-order valence-corrected chi connectivity index (χ1v) is 10.5. The van der Waals surface area contributed by atoms with Gasteiger partial charge in [0, 0.05) is 38.3 Å². The number of carbonyl (C=O) groups is 4. The first-order chi connectivity index (χ1) is 14.3. The molecule has 0 aliphatic carbocycles. The van der Waals surface area contributed by atoms with Crippen LogP contribution in [0.15, 0.2) is 18.2 Å². The molecular weight excluding hydrogens is 386 g/mol. The van der Waals surface area contributed by atoms with Crippen LogP contribution in [0.1, 0.15) is 64.7 Å². The van der Waals surface area contributed by atoms with E-state index in [9.17, 15) is 19.2 Å². The molecule has 1 fully saturated rings. The first kappa shape index (κ1) is 21.8. The average molecular weight is 415 g/mol. The smallest absolute Gasteiger partial charge is 0.409 e. The van der Waals surface area contributed by atoms with Crippen molar-refractivity contribution in [2.45, 2.75) is 33.6 Å². The number of amides is 4. The van der Waals surface area contributed by atoms with E-state index in [1.165, 1.54) is 11.0 Å². The molecule has 2 aliphatic heterocycles. The van der Waals surface area contributed by atoms with Crippen molar-refractivity contribution in [1.29, 1.82) is 0 Å². The van der Waals surface area contributed by atoms with Crippen LogP contribution < -0.4 is 0 Å². The molecule has 30 heavy (non-hydrogen) atoms. The number of imide groups is 1. The van der Waals surface area contributed by atoms with Crippen LogP contribution >= 0.6 is 0 Å². The van der Waals surface area contributed by atoms with E-state index in [0.29, 0.717) is 50.5 Å². The van der Waals surface area contributed by atoms with Crippen molar-refractivity contribution in [3.05, 3.63) is 34.9 Å². The molecule has 3 rings (SSSR count). The summed E-state index contributed by atoms with van der Waals surface area (Å²) in [6.45, 7) is 8.27. The Labute approximate surface area is 176 Å². The Morgan fingerprint density at radius 2 is 1.63 bits per heavy atom. The lowest BCUT2D eigenvalue weighted by atomic mass is 10.0. The van der Waals surface area contributed by atoms with Gasteiger partial charge in [-0.15, -0.1) is 0 Å². The molecule has 8 nitrogen and oxygen atoms in total. The van der Waals surface area contributed by atoms with Gasteiger partial charge in [-0.3, -0.25) is 19.3 Å². The SMILES string of the molecule is CCCCOC(=O)N1CCN(C(=O)c2ccc3c(c2)C(=O)N(CC(C)C)C3=O)CC1. The molecule has 0 aromatic heterocycles. The monoisotopic (exact) mass is 415 g/mol. The van der Waals surface area contributed by atoms with Crippen molar-refractivity contribution in [2.75, 3.05) is 39.3 Å². The minimum atomic E-state index is -0.349. The summed E-state index contributed by atoms with van der Waals surface area (Å²) >= 11 is 0. The van der Waals surface area contributed by atoms with E-state index in [4.69, 9.17) is 4.74 Å². The largest absolute Gasteiger partial charge is 0.449 e. The molecule has 1 saturated heterocycles. The number of hydrogen-bond acceptors (Lipinski definition) is 5. The number of nitrogens with zero attached hydrogens (tertiary/aromatic N) is 3. The second kappa shape index (κ2) is 9.28. The second-order valence-corrected chi connectivity index (χ2v) is 8.12. The molecule has 4 amide bonds. The number of hydrogen-bond donors (Lipinski definition) is 0. The third kappa shape index (κ3) is 4.47. The highest BCUT2D eigenvalue weighted by Crippen LogP contribution is 2.25. The van der Waals surface area contributed by atoms with Gasteiger partial charge < -0.3 is 14.5 Å². The number of rotatable bonds is 6. The van der Waals surface area contributed by atoms with E-state index in [2.05, 4.69) is 0 Å². The Kier molecular flexibility index (Phi) is 6.74. The van der Waals surface area contributed by atoms with Crippen molar-refractivity contribution < 1.29 is 23.9 Å². The van der Waals surface area contributed by atoms with Crippen molar-refractivity contribution in [3.63, 3.8) is 0 Å². The van der Waals surface area contributed by atoms with E-state index in [1.54, 1.807) is 21.9 Å². The summed E-state index contributed by atoms with van der Waals surface area (Å²) in [6, 6.07) is 4.67. The van der Waals surface area contributed by atoms with Crippen LogP contribution in [-0.2, 0) is 4.74 Å². The van der Waals surface area contributed by atoms with Crippen LogP contribution in [0.25, 0.3) is 0 Å². The highest BCUT2D eigenvalue weighted by molar-refractivity contribution is 6.22. The van der Waals surface area contributed by atoms with Gasteiger partial charge in [-0.05, 0) is 30.5 Å². The van der Waals surface area contributed by atoms with Gasteiger partial charge in [-0.25, -0.2) is 4.79 Å². The van der Waals surface area contributed by atoms with Crippen molar-refractivity contribution in [1.82, 2.24) is 14.7 Å². The zero-order valence-corrected chi connectivity index (χ0v) is 17.8.